The summed E-state index contributed by atoms with van der Waals surface area (Å²) in [6, 6.07) is 3.60. The summed E-state index contributed by atoms with van der Waals surface area (Å²) in [5, 5.41) is 14.9. The lowest BCUT2D eigenvalue weighted by Crippen LogP contribution is -2.44. The van der Waals surface area contributed by atoms with Gasteiger partial charge < -0.3 is 19.6 Å². The molecule has 3 aliphatic rings. The molecule has 2 aliphatic heterocycles. The Morgan fingerprint density at radius 1 is 1.11 bits per heavy atom. The standard InChI is InChI=1S/C30H40N2O5/c1-2-25-15-8-9-16-32(25)28(34)21-37-31-24-14-7-5-3-4-6-10-17-36-30(35)29-23(18-24)19-26(33)20-27(29)22-12-11-13-22/h4,6-7,14,19-20,22,25,33H,2-3,5,8-13,15-18,21H2,1H3/b6-4+,14-7+,31-24+. The first-order valence-corrected chi connectivity index (χ1v) is 13.9. The van der Waals surface area contributed by atoms with Gasteiger partial charge in [0, 0.05) is 19.0 Å². The van der Waals surface area contributed by atoms with Gasteiger partial charge in [0.1, 0.15) is 5.75 Å². The van der Waals surface area contributed by atoms with E-state index in [4.69, 9.17) is 9.57 Å². The van der Waals surface area contributed by atoms with Crippen LogP contribution in [0.1, 0.15) is 98.5 Å². The number of piperidine rings is 1. The van der Waals surface area contributed by atoms with Gasteiger partial charge in [0.15, 0.2) is 6.61 Å². The summed E-state index contributed by atoms with van der Waals surface area (Å²) in [5.74, 6) is -0.0297. The molecule has 0 radical (unpaired) electrons. The number of phenolic OH excluding ortho intramolecular Hbond substituents is 1. The number of oxime groups is 1. The van der Waals surface area contributed by atoms with Crippen molar-refractivity contribution in [3.05, 3.63) is 53.1 Å². The lowest BCUT2D eigenvalue weighted by Gasteiger charge is -2.34. The quantitative estimate of drug-likeness (QED) is 0.308. The van der Waals surface area contributed by atoms with Gasteiger partial charge in [0.2, 0.25) is 0 Å². The number of allylic oxidation sites excluding steroid dienone is 3. The number of esters is 1. The second kappa shape index (κ2) is 13.5. The maximum atomic E-state index is 13.2. The molecule has 1 aromatic rings. The van der Waals surface area contributed by atoms with Crippen molar-refractivity contribution in [1.82, 2.24) is 4.90 Å². The fraction of sp³-hybridized carbons (Fsp3) is 0.567. The Morgan fingerprint density at radius 3 is 2.70 bits per heavy atom. The largest absolute Gasteiger partial charge is 0.508 e. The van der Waals surface area contributed by atoms with Crippen LogP contribution >= 0.6 is 0 Å². The molecule has 1 N–H and O–H groups in total. The third-order valence-electron chi connectivity index (χ3n) is 7.64. The molecule has 0 bridgehead atoms. The van der Waals surface area contributed by atoms with E-state index in [1.54, 1.807) is 12.1 Å². The Kier molecular flexibility index (Phi) is 9.80. The van der Waals surface area contributed by atoms with Gasteiger partial charge in [0.05, 0.1) is 17.9 Å². The number of ether oxygens (including phenoxy) is 1. The number of hydrogen-bond donors (Lipinski definition) is 1. The normalized spacial score (nSPS) is 24.4. The van der Waals surface area contributed by atoms with E-state index in [0.29, 0.717) is 36.3 Å². The number of likely N-dealkylation sites (tertiary alicyclic amines) is 1. The van der Waals surface area contributed by atoms with Crippen molar-refractivity contribution in [1.29, 1.82) is 0 Å². The van der Waals surface area contributed by atoms with E-state index in [2.05, 4.69) is 18.2 Å². The highest BCUT2D eigenvalue weighted by Crippen LogP contribution is 2.41. The van der Waals surface area contributed by atoms with Crippen molar-refractivity contribution in [3.8, 4) is 5.75 Å². The first kappa shape index (κ1) is 27.0. The highest BCUT2D eigenvalue weighted by atomic mass is 16.6. The number of nitrogens with zero attached hydrogens (tertiary/aromatic N) is 2. The highest BCUT2D eigenvalue weighted by Gasteiger charge is 2.29. The second-order valence-corrected chi connectivity index (χ2v) is 10.3. The molecule has 1 aliphatic carbocycles. The Morgan fingerprint density at radius 2 is 1.92 bits per heavy atom. The van der Waals surface area contributed by atoms with E-state index < -0.39 is 0 Å². The Labute approximate surface area is 220 Å². The number of hydrogen-bond acceptors (Lipinski definition) is 6. The average molecular weight is 509 g/mol. The second-order valence-electron chi connectivity index (χ2n) is 10.3. The molecule has 1 saturated carbocycles. The molecule has 200 valence electrons. The zero-order valence-electron chi connectivity index (χ0n) is 22.0. The predicted octanol–water partition coefficient (Wildman–Crippen LogP) is 5.82. The number of amides is 1. The number of benzene rings is 1. The number of fused-ring (bicyclic) bond motifs is 1. The molecule has 1 unspecified atom stereocenters. The predicted molar refractivity (Wildman–Crippen MR) is 144 cm³/mol. The van der Waals surface area contributed by atoms with Crippen LogP contribution in [0.15, 0.2) is 41.6 Å². The first-order valence-electron chi connectivity index (χ1n) is 13.9. The topological polar surface area (TPSA) is 88.4 Å². The van der Waals surface area contributed by atoms with E-state index in [0.717, 1.165) is 69.9 Å². The SMILES string of the molecule is CCC1CCCCN1C(=O)CO/N=C1\C=C\CC/C=C/CCOC(=O)c2c(cc(O)cc2C2CCC2)C1. The van der Waals surface area contributed by atoms with Crippen LogP contribution in [0.25, 0.3) is 0 Å². The van der Waals surface area contributed by atoms with Crippen molar-refractivity contribution in [2.24, 2.45) is 5.16 Å². The minimum absolute atomic E-state index is 0.0419. The van der Waals surface area contributed by atoms with Gasteiger partial charge >= 0.3 is 5.97 Å². The van der Waals surface area contributed by atoms with E-state index >= 15 is 0 Å². The summed E-state index contributed by atoms with van der Waals surface area (Å²) in [4.78, 5) is 33.6. The molecule has 2 fully saturated rings. The van der Waals surface area contributed by atoms with Crippen molar-refractivity contribution in [3.63, 3.8) is 0 Å². The molecule has 1 amide bonds. The molecule has 0 spiro atoms. The summed E-state index contributed by atoms with van der Waals surface area (Å²) in [5.41, 5.74) is 2.64. The summed E-state index contributed by atoms with van der Waals surface area (Å²) >= 11 is 0. The van der Waals surface area contributed by atoms with E-state index in [9.17, 15) is 14.7 Å². The average Bonchev–Trinajstić information content (AvgIpc) is 2.85. The van der Waals surface area contributed by atoms with Crippen molar-refractivity contribution < 1.29 is 24.3 Å². The smallest absolute Gasteiger partial charge is 0.338 e. The van der Waals surface area contributed by atoms with Gasteiger partial charge in [-0.1, -0.05) is 36.7 Å². The molecule has 1 saturated heterocycles. The molecule has 1 atom stereocenters. The third-order valence-corrected chi connectivity index (χ3v) is 7.64. The fourth-order valence-electron chi connectivity index (χ4n) is 5.40. The molecule has 0 aromatic heterocycles. The van der Waals surface area contributed by atoms with Crippen LogP contribution in [0.4, 0.5) is 0 Å². The number of rotatable bonds is 5. The van der Waals surface area contributed by atoms with E-state index in [-0.39, 0.29) is 36.2 Å². The first-order chi connectivity index (χ1) is 18.1. The highest BCUT2D eigenvalue weighted by molar-refractivity contribution is 6.00. The van der Waals surface area contributed by atoms with Crippen LogP contribution < -0.4 is 0 Å². The molecule has 7 nitrogen and oxygen atoms in total. The van der Waals surface area contributed by atoms with Crippen LogP contribution in [-0.4, -0.2) is 53.4 Å². The number of phenols is 1. The minimum Gasteiger partial charge on any atom is -0.508 e. The van der Waals surface area contributed by atoms with Crippen molar-refractivity contribution >= 4 is 17.6 Å². The van der Waals surface area contributed by atoms with Crippen LogP contribution in [0.5, 0.6) is 5.75 Å². The molecule has 2 heterocycles. The van der Waals surface area contributed by atoms with Crippen LogP contribution in [0.2, 0.25) is 0 Å². The van der Waals surface area contributed by atoms with Crippen molar-refractivity contribution in [2.75, 3.05) is 19.8 Å². The third kappa shape index (κ3) is 7.24. The van der Waals surface area contributed by atoms with Gasteiger partial charge in [0.25, 0.3) is 5.91 Å². The van der Waals surface area contributed by atoms with E-state index in [1.165, 1.54) is 0 Å². The maximum absolute atomic E-state index is 13.2. The van der Waals surface area contributed by atoms with Crippen LogP contribution in [0, 0.1) is 0 Å². The molecule has 4 rings (SSSR count). The number of carbonyl (C=O) groups excluding carboxylic acids is 2. The molecule has 37 heavy (non-hydrogen) atoms. The number of cyclic esters (lactones) is 1. The zero-order chi connectivity index (χ0) is 26.0. The van der Waals surface area contributed by atoms with Gasteiger partial charge in [-0.2, -0.15) is 0 Å². The van der Waals surface area contributed by atoms with Gasteiger partial charge in [-0.3, -0.25) is 4.79 Å². The van der Waals surface area contributed by atoms with Crippen LogP contribution in [0.3, 0.4) is 0 Å². The number of aromatic hydroxyl groups is 1. The van der Waals surface area contributed by atoms with Crippen LogP contribution in [-0.2, 0) is 20.8 Å². The Balaban J connectivity index is 1.58. The van der Waals surface area contributed by atoms with Crippen molar-refractivity contribution in [2.45, 2.75) is 89.5 Å². The van der Waals surface area contributed by atoms with Gasteiger partial charge in [-0.05, 0) is 93.0 Å². The molecule has 7 heteroatoms. The minimum atomic E-state index is -0.363. The maximum Gasteiger partial charge on any atom is 0.338 e. The summed E-state index contributed by atoms with van der Waals surface area (Å²) in [7, 11) is 0. The summed E-state index contributed by atoms with van der Waals surface area (Å²) < 4.78 is 5.64. The Hall–Kier alpha value is -3.09. The lowest BCUT2D eigenvalue weighted by molar-refractivity contribution is -0.139. The zero-order valence-corrected chi connectivity index (χ0v) is 22.0. The monoisotopic (exact) mass is 508 g/mol. The molecular weight excluding hydrogens is 468 g/mol. The number of carbonyl (C=O) groups is 2. The Bertz CT molecular complexity index is 1040. The van der Waals surface area contributed by atoms with E-state index in [1.807, 2.05) is 23.1 Å². The summed E-state index contributed by atoms with van der Waals surface area (Å²) in [6.07, 6.45) is 18.0. The molecular formula is C30H40N2O5. The lowest BCUT2D eigenvalue weighted by atomic mass is 9.77. The van der Waals surface area contributed by atoms with Gasteiger partial charge in [-0.25, -0.2) is 4.79 Å². The van der Waals surface area contributed by atoms with Gasteiger partial charge in [-0.15, -0.1) is 0 Å². The fourth-order valence-corrected chi connectivity index (χ4v) is 5.40. The molecule has 1 aromatic carbocycles. The summed E-state index contributed by atoms with van der Waals surface area (Å²) in [6.45, 7) is 3.08.